The topological polar surface area (TPSA) is 45.0 Å². The van der Waals surface area contributed by atoms with E-state index in [1.165, 1.54) is 0 Å². The van der Waals surface area contributed by atoms with Crippen LogP contribution in [0.2, 0.25) is 0 Å². The molecule has 16 heavy (non-hydrogen) atoms. The molecule has 1 aromatic carbocycles. The largest absolute Gasteiger partial charge is 0.384 e. The average molecular weight is 216 g/mol. The first-order chi connectivity index (χ1) is 7.81. The Balaban J connectivity index is 2.03. The van der Waals surface area contributed by atoms with E-state index in [-0.39, 0.29) is 0 Å². The van der Waals surface area contributed by atoms with Crippen LogP contribution in [0.4, 0.5) is 5.69 Å². The molecule has 3 nitrogen and oxygen atoms in total. The van der Waals surface area contributed by atoms with Gasteiger partial charge in [0.05, 0.1) is 17.9 Å². The number of anilines is 1. The number of benzene rings is 1. The molecule has 1 saturated heterocycles. The van der Waals surface area contributed by atoms with Crippen molar-refractivity contribution in [2.24, 2.45) is 5.92 Å². The third-order valence-corrected chi connectivity index (χ3v) is 2.99. The zero-order chi connectivity index (χ0) is 11.4. The number of rotatable bonds is 3. The molecule has 1 N–H and O–H groups in total. The third kappa shape index (κ3) is 2.34. The van der Waals surface area contributed by atoms with Crippen LogP contribution in [0.15, 0.2) is 18.2 Å². The van der Waals surface area contributed by atoms with Gasteiger partial charge in [-0.05, 0) is 25.0 Å². The molecule has 1 heterocycles. The van der Waals surface area contributed by atoms with Gasteiger partial charge in [-0.15, -0.1) is 0 Å². The SMILES string of the molecule is Cc1cccc(NCC2CCOC2)c1C#N. The van der Waals surface area contributed by atoms with Crippen LogP contribution < -0.4 is 5.32 Å². The minimum Gasteiger partial charge on any atom is -0.384 e. The molecule has 84 valence electrons. The van der Waals surface area contributed by atoms with E-state index in [9.17, 15) is 0 Å². The molecule has 1 aromatic rings. The number of nitrogens with one attached hydrogen (secondary N) is 1. The summed E-state index contributed by atoms with van der Waals surface area (Å²) in [5, 5.41) is 12.4. The molecule has 1 unspecified atom stereocenters. The molecule has 0 saturated carbocycles. The van der Waals surface area contributed by atoms with Gasteiger partial charge in [0.2, 0.25) is 0 Å². The van der Waals surface area contributed by atoms with Gasteiger partial charge in [-0.1, -0.05) is 12.1 Å². The quantitative estimate of drug-likeness (QED) is 0.843. The number of ether oxygens (including phenoxy) is 1. The van der Waals surface area contributed by atoms with Crippen LogP contribution in [0.3, 0.4) is 0 Å². The first-order valence-corrected chi connectivity index (χ1v) is 5.62. The lowest BCUT2D eigenvalue weighted by molar-refractivity contribution is 0.187. The molecule has 1 atom stereocenters. The van der Waals surface area contributed by atoms with E-state index in [1.807, 2.05) is 25.1 Å². The molecular weight excluding hydrogens is 200 g/mol. The summed E-state index contributed by atoms with van der Waals surface area (Å²) in [7, 11) is 0. The van der Waals surface area contributed by atoms with Crippen molar-refractivity contribution in [2.75, 3.05) is 25.1 Å². The molecule has 0 spiro atoms. The molecular formula is C13H16N2O. The molecule has 0 amide bonds. The molecule has 0 aliphatic carbocycles. The lowest BCUT2D eigenvalue weighted by Crippen LogP contribution is -2.14. The first-order valence-electron chi connectivity index (χ1n) is 5.62. The fraction of sp³-hybridized carbons (Fsp3) is 0.462. The van der Waals surface area contributed by atoms with Crippen molar-refractivity contribution >= 4 is 5.69 Å². The summed E-state index contributed by atoms with van der Waals surface area (Å²) in [6.45, 7) is 4.55. The van der Waals surface area contributed by atoms with Crippen LogP contribution in [0.5, 0.6) is 0 Å². The maximum Gasteiger partial charge on any atom is 0.102 e. The van der Waals surface area contributed by atoms with Crippen LogP contribution >= 0.6 is 0 Å². The molecule has 3 heteroatoms. The Kier molecular flexibility index (Phi) is 3.43. The van der Waals surface area contributed by atoms with Gasteiger partial charge >= 0.3 is 0 Å². The summed E-state index contributed by atoms with van der Waals surface area (Å²) < 4.78 is 5.32. The fourth-order valence-electron chi connectivity index (χ4n) is 1.96. The molecule has 2 rings (SSSR count). The Morgan fingerprint density at radius 2 is 2.44 bits per heavy atom. The van der Waals surface area contributed by atoms with E-state index in [4.69, 9.17) is 10.00 Å². The summed E-state index contributed by atoms with van der Waals surface area (Å²) in [5.41, 5.74) is 2.71. The number of hydrogen-bond acceptors (Lipinski definition) is 3. The van der Waals surface area contributed by atoms with Gasteiger partial charge in [-0.3, -0.25) is 0 Å². The van der Waals surface area contributed by atoms with E-state index in [0.717, 1.165) is 43.0 Å². The smallest absolute Gasteiger partial charge is 0.102 e. The molecule has 0 aromatic heterocycles. The molecule has 1 fully saturated rings. The van der Waals surface area contributed by atoms with E-state index < -0.39 is 0 Å². The van der Waals surface area contributed by atoms with E-state index in [2.05, 4.69) is 11.4 Å². The predicted molar refractivity (Wildman–Crippen MR) is 63.3 cm³/mol. The van der Waals surface area contributed by atoms with Crippen LogP contribution in [-0.2, 0) is 4.74 Å². The van der Waals surface area contributed by atoms with Crippen molar-refractivity contribution < 1.29 is 4.74 Å². The Labute approximate surface area is 96.0 Å². The highest BCUT2D eigenvalue weighted by molar-refractivity contribution is 5.60. The Hall–Kier alpha value is -1.53. The number of nitriles is 1. The van der Waals surface area contributed by atoms with E-state index >= 15 is 0 Å². The van der Waals surface area contributed by atoms with Gasteiger partial charge in [0.25, 0.3) is 0 Å². The van der Waals surface area contributed by atoms with Gasteiger partial charge in [0.15, 0.2) is 0 Å². The highest BCUT2D eigenvalue weighted by Gasteiger charge is 2.15. The van der Waals surface area contributed by atoms with Gasteiger partial charge in [0.1, 0.15) is 6.07 Å². The lowest BCUT2D eigenvalue weighted by Gasteiger charge is -2.12. The summed E-state index contributed by atoms with van der Waals surface area (Å²) in [5.74, 6) is 0.576. The third-order valence-electron chi connectivity index (χ3n) is 2.99. The van der Waals surface area contributed by atoms with Crippen molar-refractivity contribution in [3.8, 4) is 6.07 Å². The minimum atomic E-state index is 0.576. The molecule has 0 bridgehead atoms. The standard InChI is InChI=1S/C13H16N2O/c1-10-3-2-4-13(12(10)7-14)15-8-11-5-6-16-9-11/h2-4,11,15H,5-6,8-9H2,1H3. The van der Waals surface area contributed by atoms with Gasteiger partial charge in [0, 0.05) is 19.1 Å². The van der Waals surface area contributed by atoms with E-state index in [1.54, 1.807) is 0 Å². The second-order valence-corrected chi connectivity index (χ2v) is 4.22. The van der Waals surface area contributed by atoms with Gasteiger partial charge in [-0.25, -0.2) is 0 Å². The van der Waals surface area contributed by atoms with Crippen LogP contribution in [0.1, 0.15) is 17.5 Å². The van der Waals surface area contributed by atoms with E-state index in [0.29, 0.717) is 5.92 Å². The predicted octanol–water partition coefficient (Wildman–Crippen LogP) is 2.32. The Bertz CT molecular complexity index is 403. The van der Waals surface area contributed by atoms with Crippen LogP contribution in [-0.4, -0.2) is 19.8 Å². The number of nitrogens with zero attached hydrogens (tertiary/aromatic N) is 1. The van der Waals surface area contributed by atoms with Crippen molar-refractivity contribution in [3.05, 3.63) is 29.3 Å². The number of aryl methyl sites for hydroxylation is 1. The lowest BCUT2D eigenvalue weighted by atomic mass is 10.1. The van der Waals surface area contributed by atoms with Gasteiger partial charge < -0.3 is 10.1 Å². The first kappa shape index (κ1) is 11.0. The number of hydrogen-bond donors (Lipinski definition) is 1. The van der Waals surface area contributed by atoms with Crippen LogP contribution in [0.25, 0.3) is 0 Å². The van der Waals surface area contributed by atoms with Crippen molar-refractivity contribution in [3.63, 3.8) is 0 Å². The average Bonchev–Trinajstić information content (AvgIpc) is 2.79. The maximum atomic E-state index is 9.08. The molecule has 1 aliphatic rings. The summed E-state index contributed by atoms with van der Waals surface area (Å²) in [6, 6.07) is 8.14. The minimum absolute atomic E-state index is 0.576. The zero-order valence-corrected chi connectivity index (χ0v) is 9.49. The second-order valence-electron chi connectivity index (χ2n) is 4.22. The van der Waals surface area contributed by atoms with Crippen molar-refractivity contribution in [2.45, 2.75) is 13.3 Å². The zero-order valence-electron chi connectivity index (χ0n) is 9.49. The normalized spacial score (nSPS) is 19.4. The highest BCUT2D eigenvalue weighted by Crippen LogP contribution is 2.20. The second kappa shape index (κ2) is 5.00. The van der Waals surface area contributed by atoms with Crippen molar-refractivity contribution in [1.29, 1.82) is 5.26 Å². The summed E-state index contributed by atoms with van der Waals surface area (Å²) >= 11 is 0. The van der Waals surface area contributed by atoms with Crippen molar-refractivity contribution in [1.82, 2.24) is 0 Å². The Morgan fingerprint density at radius 3 is 3.12 bits per heavy atom. The highest BCUT2D eigenvalue weighted by atomic mass is 16.5. The molecule has 0 radical (unpaired) electrons. The summed E-state index contributed by atoms with van der Waals surface area (Å²) in [4.78, 5) is 0. The van der Waals surface area contributed by atoms with Gasteiger partial charge in [-0.2, -0.15) is 5.26 Å². The monoisotopic (exact) mass is 216 g/mol. The Morgan fingerprint density at radius 1 is 1.56 bits per heavy atom. The molecule has 1 aliphatic heterocycles. The fourth-order valence-corrected chi connectivity index (χ4v) is 1.96. The summed E-state index contributed by atoms with van der Waals surface area (Å²) in [6.07, 6.45) is 1.11. The maximum absolute atomic E-state index is 9.08. The van der Waals surface area contributed by atoms with Crippen LogP contribution in [0, 0.1) is 24.2 Å².